The Morgan fingerprint density at radius 3 is 2.56 bits per heavy atom. The molecule has 0 saturated carbocycles. The molecule has 0 spiro atoms. The number of hydrogen-bond donors (Lipinski definition) is 3. The molecule has 25 heavy (non-hydrogen) atoms. The topological polar surface area (TPSA) is 69.5 Å². The van der Waals surface area contributed by atoms with Gasteiger partial charge in [-0.05, 0) is 37.1 Å². The minimum absolute atomic E-state index is 0.292. The lowest BCUT2D eigenvalue weighted by molar-refractivity contribution is 0.181. The van der Waals surface area contributed by atoms with Crippen LogP contribution in [-0.2, 0) is 13.0 Å². The highest BCUT2D eigenvalue weighted by molar-refractivity contribution is 7.11. The zero-order valence-electron chi connectivity index (χ0n) is 14.2. The Labute approximate surface area is 162 Å². The van der Waals surface area contributed by atoms with Gasteiger partial charge in [0.15, 0.2) is 5.96 Å². The molecule has 2 rings (SSSR count). The summed E-state index contributed by atoms with van der Waals surface area (Å²) in [4.78, 5) is 10.1. The van der Waals surface area contributed by atoms with Crippen molar-refractivity contribution in [2.75, 3.05) is 13.1 Å². The first-order valence-corrected chi connectivity index (χ1v) is 9.68. The van der Waals surface area contributed by atoms with Gasteiger partial charge in [-0.25, -0.2) is 9.98 Å². The SMILES string of the molecule is CCNC(=NCc1ncc(CC)s1)NCC(O)c1cc(Cl)cc(Cl)c1. The number of aromatic nitrogens is 1. The first-order chi connectivity index (χ1) is 12.0. The van der Waals surface area contributed by atoms with E-state index >= 15 is 0 Å². The third kappa shape index (κ3) is 6.47. The molecule has 0 aliphatic carbocycles. The van der Waals surface area contributed by atoms with Crippen LogP contribution < -0.4 is 10.6 Å². The van der Waals surface area contributed by atoms with Crippen LogP contribution in [0.4, 0.5) is 0 Å². The Hall–Kier alpha value is -1.34. The number of halogens is 2. The molecule has 0 amide bonds. The third-order valence-electron chi connectivity index (χ3n) is 3.40. The number of benzene rings is 1. The van der Waals surface area contributed by atoms with Gasteiger partial charge < -0.3 is 15.7 Å². The van der Waals surface area contributed by atoms with Gasteiger partial charge in [-0.15, -0.1) is 11.3 Å². The van der Waals surface area contributed by atoms with E-state index in [4.69, 9.17) is 23.2 Å². The van der Waals surface area contributed by atoms with E-state index in [0.717, 1.165) is 18.0 Å². The molecule has 1 atom stereocenters. The van der Waals surface area contributed by atoms with Gasteiger partial charge in [-0.2, -0.15) is 0 Å². The molecule has 1 unspecified atom stereocenters. The zero-order chi connectivity index (χ0) is 18.2. The molecule has 1 aromatic carbocycles. The molecular formula is C17H22Cl2N4OS. The monoisotopic (exact) mass is 400 g/mol. The fourth-order valence-electron chi connectivity index (χ4n) is 2.15. The lowest BCUT2D eigenvalue weighted by Crippen LogP contribution is -2.39. The van der Waals surface area contributed by atoms with Crippen molar-refractivity contribution < 1.29 is 5.11 Å². The van der Waals surface area contributed by atoms with Gasteiger partial charge >= 0.3 is 0 Å². The molecule has 3 N–H and O–H groups in total. The molecule has 136 valence electrons. The Bertz CT molecular complexity index is 700. The fraction of sp³-hybridized carbons (Fsp3) is 0.412. The first kappa shape index (κ1) is 20.0. The second kappa shape index (κ2) is 9.97. The average molecular weight is 401 g/mol. The third-order valence-corrected chi connectivity index (χ3v) is 4.96. The highest BCUT2D eigenvalue weighted by Crippen LogP contribution is 2.23. The average Bonchev–Trinajstić information content (AvgIpc) is 3.04. The van der Waals surface area contributed by atoms with E-state index in [2.05, 4.69) is 27.5 Å². The van der Waals surface area contributed by atoms with E-state index in [1.165, 1.54) is 4.88 Å². The molecule has 0 aliphatic rings. The predicted octanol–water partition coefficient (Wildman–Crippen LogP) is 3.80. The molecule has 8 heteroatoms. The molecule has 0 fully saturated rings. The van der Waals surface area contributed by atoms with Crippen LogP contribution in [0.5, 0.6) is 0 Å². The number of aliphatic hydroxyl groups is 1. The Morgan fingerprint density at radius 2 is 1.96 bits per heavy atom. The first-order valence-electron chi connectivity index (χ1n) is 8.11. The minimum atomic E-state index is -0.744. The van der Waals surface area contributed by atoms with Crippen LogP contribution in [0, 0.1) is 0 Å². The number of aryl methyl sites for hydroxylation is 1. The molecule has 0 saturated heterocycles. The number of thiazole rings is 1. The summed E-state index contributed by atoms with van der Waals surface area (Å²) in [6.45, 7) is 5.61. The summed E-state index contributed by atoms with van der Waals surface area (Å²) in [5.41, 5.74) is 0.661. The van der Waals surface area contributed by atoms with Gasteiger partial charge in [0.2, 0.25) is 0 Å². The Morgan fingerprint density at radius 1 is 1.24 bits per heavy atom. The molecule has 0 radical (unpaired) electrons. The Kier molecular flexibility index (Phi) is 7.96. The van der Waals surface area contributed by atoms with E-state index < -0.39 is 6.10 Å². The number of aliphatic hydroxyl groups excluding tert-OH is 1. The van der Waals surface area contributed by atoms with Gasteiger partial charge in [-0.3, -0.25) is 0 Å². The van der Waals surface area contributed by atoms with Gasteiger partial charge in [0.1, 0.15) is 5.01 Å². The van der Waals surface area contributed by atoms with Crippen LogP contribution in [0.15, 0.2) is 29.4 Å². The normalized spacial score (nSPS) is 12.9. The zero-order valence-corrected chi connectivity index (χ0v) is 16.5. The van der Waals surface area contributed by atoms with Crippen LogP contribution >= 0.6 is 34.5 Å². The van der Waals surface area contributed by atoms with E-state index in [0.29, 0.717) is 34.7 Å². The van der Waals surface area contributed by atoms with E-state index in [1.807, 2.05) is 13.1 Å². The molecule has 0 aliphatic heterocycles. The maximum Gasteiger partial charge on any atom is 0.191 e. The van der Waals surface area contributed by atoms with Crippen molar-refractivity contribution in [3.63, 3.8) is 0 Å². The quantitative estimate of drug-likeness (QED) is 0.488. The van der Waals surface area contributed by atoms with E-state index in [-0.39, 0.29) is 0 Å². The molecular weight excluding hydrogens is 379 g/mol. The van der Waals surface area contributed by atoms with Crippen LogP contribution in [0.25, 0.3) is 0 Å². The van der Waals surface area contributed by atoms with E-state index in [1.54, 1.807) is 29.5 Å². The lowest BCUT2D eigenvalue weighted by Gasteiger charge is -2.16. The summed E-state index contributed by atoms with van der Waals surface area (Å²) in [5, 5.41) is 18.6. The van der Waals surface area contributed by atoms with Crippen molar-refractivity contribution in [2.45, 2.75) is 32.9 Å². The largest absolute Gasteiger partial charge is 0.387 e. The summed E-state index contributed by atoms with van der Waals surface area (Å²) < 4.78 is 0. The van der Waals surface area contributed by atoms with Crippen LogP contribution in [0.3, 0.4) is 0 Å². The summed E-state index contributed by atoms with van der Waals surface area (Å²) in [6.07, 6.45) is 2.13. The summed E-state index contributed by atoms with van der Waals surface area (Å²) >= 11 is 13.6. The van der Waals surface area contributed by atoms with Crippen LogP contribution in [0.1, 0.15) is 35.4 Å². The number of nitrogens with one attached hydrogen (secondary N) is 2. The maximum absolute atomic E-state index is 10.3. The molecule has 2 aromatic rings. The number of rotatable bonds is 7. The second-order valence-corrected chi connectivity index (χ2v) is 7.44. The van der Waals surface area contributed by atoms with Crippen LogP contribution in [-0.4, -0.2) is 29.1 Å². The van der Waals surface area contributed by atoms with Gasteiger partial charge in [0.25, 0.3) is 0 Å². The standard InChI is InChI=1S/C17H22Cl2N4OS/c1-3-14-8-21-16(25-14)10-23-17(20-4-2)22-9-15(24)11-5-12(18)7-13(19)6-11/h5-8,15,24H,3-4,9-10H2,1-2H3,(H2,20,22,23). The van der Waals surface area contributed by atoms with Crippen LogP contribution in [0.2, 0.25) is 10.0 Å². The second-order valence-electron chi connectivity index (χ2n) is 5.37. The van der Waals surface area contributed by atoms with E-state index in [9.17, 15) is 5.11 Å². The van der Waals surface area contributed by atoms with Crippen molar-refractivity contribution in [3.8, 4) is 0 Å². The summed E-state index contributed by atoms with van der Waals surface area (Å²) in [5.74, 6) is 0.628. The molecule has 5 nitrogen and oxygen atoms in total. The van der Waals surface area contributed by atoms with Gasteiger partial charge in [0, 0.05) is 34.2 Å². The van der Waals surface area contributed by atoms with Crippen molar-refractivity contribution in [2.24, 2.45) is 4.99 Å². The minimum Gasteiger partial charge on any atom is -0.387 e. The predicted molar refractivity (Wildman–Crippen MR) is 106 cm³/mol. The van der Waals surface area contributed by atoms with Crippen molar-refractivity contribution in [1.29, 1.82) is 0 Å². The highest BCUT2D eigenvalue weighted by Gasteiger charge is 2.10. The van der Waals surface area contributed by atoms with Gasteiger partial charge in [0.05, 0.1) is 12.6 Å². The fourth-order valence-corrected chi connectivity index (χ4v) is 3.48. The number of guanidine groups is 1. The smallest absolute Gasteiger partial charge is 0.191 e. The van der Waals surface area contributed by atoms with Gasteiger partial charge in [-0.1, -0.05) is 30.1 Å². The maximum atomic E-state index is 10.3. The number of aliphatic imine (C=N–C) groups is 1. The Balaban J connectivity index is 1.96. The molecule has 1 heterocycles. The number of nitrogens with zero attached hydrogens (tertiary/aromatic N) is 2. The summed E-state index contributed by atoms with van der Waals surface area (Å²) in [7, 11) is 0. The van der Waals surface area contributed by atoms with Crippen molar-refractivity contribution >= 4 is 40.5 Å². The number of hydrogen-bond acceptors (Lipinski definition) is 4. The summed E-state index contributed by atoms with van der Waals surface area (Å²) in [6, 6.07) is 5.04. The highest BCUT2D eigenvalue weighted by atomic mass is 35.5. The van der Waals surface area contributed by atoms with Crippen molar-refractivity contribution in [1.82, 2.24) is 15.6 Å². The molecule has 1 aromatic heterocycles. The lowest BCUT2D eigenvalue weighted by atomic mass is 10.1. The van der Waals surface area contributed by atoms with Crippen molar-refractivity contribution in [3.05, 3.63) is 49.9 Å². The molecule has 0 bridgehead atoms.